The molecule has 0 saturated carbocycles. The van der Waals surface area contributed by atoms with Crippen molar-refractivity contribution in [2.45, 2.75) is 294 Å². The van der Waals surface area contributed by atoms with Gasteiger partial charge >= 0.3 is 0 Å². The van der Waals surface area contributed by atoms with Crippen molar-refractivity contribution < 1.29 is 39.8 Å². The summed E-state index contributed by atoms with van der Waals surface area (Å²) in [5.41, 5.74) is 0. The minimum absolute atomic E-state index is 0.194. The highest BCUT2D eigenvalue weighted by Crippen LogP contribution is 2.23. The van der Waals surface area contributed by atoms with Crippen LogP contribution >= 0.6 is 0 Å². The summed E-state index contributed by atoms with van der Waals surface area (Å²) < 4.78 is 11.3. The predicted octanol–water partition coefficient (Wildman–Crippen LogP) is 16.7. The number of amides is 1. The van der Waals surface area contributed by atoms with E-state index in [1.165, 1.54) is 135 Å². The van der Waals surface area contributed by atoms with Gasteiger partial charge in [-0.05, 0) is 103 Å². The molecule has 9 heteroatoms. The molecule has 0 aliphatic carbocycles. The minimum Gasteiger partial charge on any atom is -0.394 e. The Balaban J connectivity index is 2.16. The van der Waals surface area contributed by atoms with Crippen LogP contribution < -0.4 is 5.32 Å². The zero-order chi connectivity index (χ0) is 56.5. The molecule has 0 aromatic rings. The second kappa shape index (κ2) is 56.8. The van der Waals surface area contributed by atoms with Crippen LogP contribution in [-0.2, 0) is 14.3 Å². The Morgan fingerprint density at radius 3 is 1.23 bits per heavy atom. The lowest BCUT2D eigenvalue weighted by Crippen LogP contribution is -2.60. The molecule has 0 aromatic heterocycles. The fraction of sp³-hybridized carbons (Fsp3) is 0.696. The fourth-order valence-electron chi connectivity index (χ4n) is 9.29. The quantitative estimate of drug-likeness (QED) is 0.0261. The van der Waals surface area contributed by atoms with Gasteiger partial charge in [0.25, 0.3) is 0 Å². The van der Waals surface area contributed by atoms with E-state index in [0.29, 0.717) is 6.42 Å². The molecule has 6 N–H and O–H groups in total. The van der Waals surface area contributed by atoms with Gasteiger partial charge in [-0.25, -0.2) is 0 Å². The molecule has 78 heavy (non-hydrogen) atoms. The average Bonchev–Trinajstić information content (AvgIpc) is 3.45. The number of rotatable bonds is 53. The van der Waals surface area contributed by atoms with Crippen molar-refractivity contribution in [3.05, 3.63) is 122 Å². The number of aliphatic hydroxyl groups is 5. The highest BCUT2D eigenvalue weighted by Gasteiger charge is 2.44. The maximum absolute atomic E-state index is 13.1. The second-order valence-corrected chi connectivity index (χ2v) is 21.4. The third kappa shape index (κ3) is 45.3. The minimum atomic E-state index is -1.58. The highest BCUT2D eigenvalue weighted by molar-refractivity contribution is 5.76. The summed E-state index contributed by atoms with van der Waals surface area (Å²) in [5.74, 6) is -0.194. The Bertz CT molecular complexity index is 1640. The summed E-state index contributed by atoms with van der Waals surface area (Å²) in [6.07, 6.45) is 78.5. The summed E-state index contributed by atoms with van der Waals surface area (Å²) in [6.45, 7) is 3.64. The highest BCUT2D eigenvalue weighted by atomic mass is 16.7. The molecule has 9 nitrogen and oxygen atoms in total. The van der Waals surface area contributed by atoms with Crippen molar-refractivity contribution in [1.82, 2.24) is 5.32 Å². The van der Waals surface area contributed by atoms with Crippen LogP contribution in [-0.4, -0.2) is 87.5 Å². The topological polar surface area (TPSA) is 149 Å². The Hall–Kier alpha value is -3.41. The molecule has 1 fully saturated rings. The van der Waals surface area contributed by atoms with Gasteiger partial charge in [0.05, 0.1) is 25.4 Å². The number of hydrogen-bond acceptors (Lipinski definition) is 8. The van der Waals surface area contributed by atoms with E-state index in [1.54, 1.807) is 6.08 Å². The van der Waals surface area contributed by atoms with E-state index in [-0.39, 0.29) is 12.5 Å². The number of carbonyl (C=O) groups excluding carboxylic acids is 1. The standard InChI is InChI=1S/C69H117NO8/c1-3-5-7-9-11-13-15-17-19-21-23-24-25-26-27-28-29-30-31-32-33-34-35-36-37-38-39-40-41-43-45-47-49-51-53-55-57-59-65(73)70-62(61-77-69-68(76)67(75)66(74)64(60-71)78-69)63(72)58-56-54-52-50-48-46-44-42-22-20-18-16-14-12-10-8-6-4-2/h5,7,11,13,17,19,22-24,26-27,29-30,32-33,42,48,50,56,58,62-64,66-69,71-72,74-76H,3-4,6,8-10,12,14-16,18,20-21,25,28,31,34-41,43-47,49,51-55,57,59-61H2,1-2H3,(H,70,73)/b7-5-,13-11-,19-17-,24-23-,27-26-,30-29-,33-32-,42-22+,50-48+,58-56+. The van der Waals surface area contributed by atoms with E-state index >= 15 is 0 Å². The fourth-order valence-corrected chi connectivity index (χ4v) is 9.29. The average molecular weight is 1090 g/mol. The number of aliphatic hydroxyl groups excluding tert-OH is 5. The van der Waals surface area contributed by atoms with Crippen LogP contribution in [0.3, 0.4) is 0 Å². The maximum Gasteiger partial charge on any atom is 0.220 e. The molecule has 7 unspecified atom stereocenters. The van der Waals surface area contributed by atoms with Crippen molar-refractivity contribution in [3.8, 4) is 0 Å². The lowest BCUT2D eigenvalue weighted by atomic mass is 9.99. The Kier molecular flexibility index (Phi) is 52.9. The first-order valence-electron chi connectivity index (χ1n) is 31.8. The van der Waals surface area contributed by atoms with Crippen molar-refractivity contribution >= 4 is 5.91 Å². The molecule has 446 valence electrons. The first kappa shape index (κ1) is 72.6. The van der Waals surface area contributed by atoms with Crippen LogP contribution in [0.15, 0.2) is 122 Å². The first-order valence-corrected chi connectivity index (χ1v) is 31.8. The van der Waals surface area contributed by atoms with Gasteiger partial charge in [-0.2, -0.15) is 0 Å². The normalized spacial score (nSPS) is 19.5. The van der Waals surface area contributed by atoms with Gasteiger partial charge in [-0.1, -0.05) is 264 Å². The molecule has 7 atom stereocenters. The van der Waals surface area contributed by atoms with E-state index in [9.17, 15) is 30.3 Å². The Labute approximate surface area is 478 Å². The number of unbranched alkanes of at least 4 members (excludes halogenated alkanes) is 25. The zero-order valence-electron chi connectivity index (χ0n) is 49.6. The lowest BCUT2D eigenvalue weighted by Gasteiger charge is -2.40. The van der Waals surface area contributed by atoms with E-state index in [2.05, 4.69) is 129 Å². The van der Waals surface area contributed by atoms with Crippen LogP contribution in [0.5, 0.6) is 0 Å². The number of allylic oxidation sites excluding steroid dienone is 19. The Morgan fingerprint density at radius 2 is 0.808 bits per heavy atom. The monoisotopic (exact) mass is 1090 g/mol. The van der Waals surface area contributed by atoms with Crippen molar-refractivity contribution in [2.24, 2.45) is 0 Å². The number of ether oxygens (including phenoxy) is 2. The van der Waals surface area contributed by atoms with E-state index in [0.717, 1.165) is 96.3 Å². The molecule has 0 aromatic carbocycles. The summed E-state index contributed by atoms with van der Waals surface area (Å²) in [4.78, 5) is 13.1. The van der Waals surface area contributed by atoms with Gasteiger partial charge in [0.1, 0.15) is 24.4 Å². The van der Waals surface area contributed by atoms with Crippen LogP contribution in [0, 0.1) is 0 Å². The summed E-state index contributed by atoms with van der Waals surface area (Å²) in [7, 11) is 0. The molecule has 0 spiro atoms. The molecular formula is C69H117NO8. The van der Waals surface area contributed by atoms with Gasteiger partial charge in [0.2, 0.25) is 5.91 Å². The maximum atomic E-state index is 13.1. The first-order chi connectivity index (χ1) is 38.3. The number of nitrogens with one attached hydrogen (secondary N) is 1. The van der Waals surface area contributed by atoms with Gasteiger partial charge in [-0.15, -0.1) is 0 Å². The molecule has 1 amide bonds. The summed E-state index contributed by atoms with van der Waals surface area (Å²) in [6, 6.07) is -0.835. The second-order valence-electron chi connectivity index (χ2n) is 21.4. The van der Waals surface area contributed by atoms with Crippen LogP contribution in [0.25, 0.3) is 0 Å². The number of hydrogen-bond donors (Lipinski definition) is 6. The molecule has 0 bridgehead atoms. The molecular weight excluding hydrogens is 971 g/mol. The lowest BCUT2D eigenvalue weighted by molar-refractivity contribution is -0.302. The molecule has 1 rings (SSSR count). The number of carbonyl (C=O) groups is 1. The zero-order valence-corrected chi connectivity index (χ0v) is 49.6. The predicted molar refractivity (Wildman–Crippen MR) is 331 cm³/mol. The molecule has 1 aliphatic heterocycles. The third-order valence-corrected chi connectivity index (χ3v) is 14.2. The molecule has 1 aliphatic rings. The van der Waals surface area contributed by atoms with Crippen molar-refractivity contribution in [2.75, 3.05) is 13.2 Å². The summed E-state index contributed by atoms with van der Waals surface area (Å²) in [5, 5.41) is 54.5. The SMILES string of the molecule is CC/C=C\C/C=C\C/C=C\C/C=C\C/C=C\C/C=C\C/C=C\CCCCCCCCCCCCCCCCCC(=O)NC(COC1OC(CO)C(O)C(O)C1O)C(O)/C=C/CC/C=C/CC/C=C/CCCCCCCCCC. The molecule has 1 saturated heterocycles. The van der Waals surface area contributed by atoms with Crippen LogP contribution in [0.2, 0.25) is 0 Å². The largest absolute Gasteiger partial charge is 0.394 e. The van der Waals surface area contributed by atoms with E-state index in [4.69, 9.17) is 9.47 Å². The Morgan fingerprint density at radius 1 is 0.449 bits per heavy atom. The van der Waals surface area contributed by atoms with Crippen molar-refractivity contribution in [3.63, 3.8) is 0 Å². The van der Waals surface area contributed by atoms with Gasteiger partial charge in [0, 0.05) is 6.42 Å². The van der Waals surface area contributed by atoms with Gasteiger partial charge in [-0.3, -0.25) is 4.79 Å². The smallest absolute Gasteiger partial charge is 0.220 e. The summed E-state index contributed by atoms with van der Waals surface area (Å²) >= 11 is 0. The van der Waals surface area contributed by atoms with E-state index in [1.807, 2.05) is 6.08 Å². The third-order valence-electron chi connectivity index (χ3n) is 14.2. The van der Waals surface area contributed by atoms with Crippen LogP contribution in [0.4, 0.5) is 0 Å². The molecule has 0 radical (unpaired) electrons. The van der Waals surface area contributed by atoms with Gasteiger partial charge < -0.3 is 40.3 Å². The van der Waals surface area contributed by atoms with Gasteiger partial charge in [0.15, 0.2) is 6.29 Å². The van der Waals surface area contributed by atoms with Crippen LogP contribution in [0.1, 0.15) is 251 Å². The molecule has 1 heterocycles. The van der Waals surface area contributed by atoms with Crippen molar-refractivity contribution in [1.29, 1.82) is 0 Å². The van der Waals surface area contributed by atoms with E-state index < -0.39 is 49.5 Å².